The van der Waals surface area contributed by atoms with Crippen LogP contribution >= 0.6 is 0 Å². The predicted molar refractivity (Wildman–Crippen MR) is 75.0 cm³/mol. The van der Waals surface area contributed by atoms with Crippen LogP contribution < -0.4 is 10.1 Å². The van der Waals surface area contributed by atoms with Crippen LogP contribution in [0.2, 0.25) is 0 Å². The monoisotopic (exact) mass is 265 g/mol. The summed E-state index contributed by atoms with van der Waals surface area (Å²) < 4.78 is 5.37. The summed E-state index contributed by atoms with van der Waals surface area (Å²) in [4.78, 5) is 11.5. The lowest BCUT2D eigenvalue weighted by Crippen LogP contribution is -2.30. The highest BCUT2D eigenvalue weighted by Crippen LogP contribution is 2.16. The second-order valence-corrected chi connectivity index (χ2v) is 5.07. The summed E-state index contributed by atoms with van der Waals surface area (Å²) in [6, 6.07) is 7.08. The van der Waals surface area contributed by atoms with E-state index in [9.17, 15) is 9.90 Å². The Labute approximate surface area is 114 Å². The fourth-order valence-electron chi connectivity index (χ4n) is 1.54. The summed E-state index contributed by atoms with van der Waals surface area (Å²) in [7, 11) is 0. The molecule has 0 aromatic heterocycles. The van der Waals surface area contributed by atoms with Gasteiger partial charge in [0, 0.05) is 6.54 Å². The van der Waals surface area contributed by atoms with Crippen molar-refractivity contribution >= 4 is 5.91 Å². The topological polar surface area (TPSA) is 58.6 Å². The molecule has 0 spiro atoms. The Morgan fingerprint density at radius 2 is 1.89 bits per heavy atom. The molecule has 106 valence electrons. The molecular weight excluding hydrogens is 242 g/mol. The van der Waals surface area contributed by atoms with Gasteiger partial charge in [0.05, 0.1) is 6.10 Å². The number of aliphatic hydroxyl groups excluding tert-OH is 1. The van der Waals surface area contributed by atoms with E-state index in [1.54, 1.807) is 31.2 Å². The minimum absolute atomic E-state index is 0.0200. The Hall–Kier alpha value is -1.55. The average molecular weight is 265 g/mol. The first-order valence-corrected chi connectivity index (χ1v) is 6.66. The van der Waals surface area contributed by atoms with E-state index >= 15 is 0 Å². The number of nitrogens with one attached hydrogen (secondary N) is 1. The van der Waals surface area contributed by atoms with E-state index in [1.807, 2.05) is 0 Å². The molecule has 0 saturated heterocycles. The number of carbonyl (C=O) groups excluding carboxylic acids is 1. The van der Waals surface area contributed by atoms with Crippen molar-refractivity contribution in [3.8, 4) is 5.75 Å². The number of hydrogen-bond acceptors (Lipinski definition) is 3. The van der Waals surface area contributed by atoms with Crippen molar-refractivity contribution in [3.63, 3.8) is 0 Å². The van der Waals surface area contributed by atoms with E-state index in [1.165, 1.54) is 0 Å². The van der Waals surface area contributed by atoms with Crippen LogP contribution in [0, 0.1) is 5.92 Å². The minimum atomic E-state index is -0.492. The zero-order chi connectivity index (χ0) is 14.3. The van der Waals surface area contributed by atoms with Gasteiger partial charge in [-0.15, -0.1) is 0 Å². The quantitative estimate of drug-likeness (QED) is 0.795. The maximum Gasteiger partial charge on any atom is 0.257 e. The molecule has 0 aliphatic carbocycles. The first-order valence-electron chi connectivity index (χ1n) is 6.66. The van der Waals surface area contributed by atoms with Crippen molar-refractivity contribution in [2.24, 2.45) is 5.92 Å². The van der Waals surface area contributed by atoms with Crippen LogP contribution in [-0.4, -0.2) is 24.2 Å². The third-order valence-electron chi connectivity index (χ3n) is 2.78. The molecule has 19 heavy (non-hydrogen) atoms. The van der Waals surface area contributed by atoms with E-state index in [-0.39, 0.29) is 12.5 Å². The van der Waals surface area contributed by atoms with E-state index in [0.29, 0.717) is 18.2 Å². The summed E-state index contributed by atoms with van der Waals surface area (Å²) in [6.45, 7) is 6.64. The summed E-state index contributed by atoms with van der Waals surface area (Å²) >= 11 is 0. The molecule has 4 heteroatoms. The third-order valence-corrected chi connectivity index (χ3v) is 2.78. The molecule has 0 radical (unpaired) electrons. The van der Waals surface area contributed by atoms with Crippen molar-refractivity contribution in [2.45, 2.75) is 33.3 Å². The van der Waals surface area contributed by atoms with E-state index in [4.69, 9.17) is 4.74 Å². The molecule has 2 N–H and O–H groups in total. The number of aliphatic hydroxyl groups is 1. The summed E-state index contributed by atoms with van der Waals surface area (Å²) in [5, 5.41) is 12.2. The molecule has 0 aliphatic rings. The van der Waals surface area contributed by atoms with Gasteiger partial charge in [0.2, 0.25) is 0 Å². The molecule has 1 aromatic carbocycles. The Bertz CT molecular complexity index is 385. The molecule has 0 fully saturated rings. The van der Waals surface area contributed by atoms with Gasteiger partial charge in [-0.1, -0.05) is 26.0 Å². The van der Waals surface area contributed by atoms with Crippen LogP contribution in [0.3, 0.4) is 0 Å². The zero-order valence-corrected chi connectivity index (χ0v) is 11.8. The largest absolute Gasteiger partial charge is 0.484 e. The lowest BCUT2D eigenvalue weighted by molar-refractivity contribution is -0.123. The third kappa shape index (κ3) is 6.25. The SMILES string of the molecule is CC(C)CCNC(=O)COc1ccc(C(C)O)cc1. The van der Waals surface area contributed by atoms with E-state index in [0.717, 1.165) is 12.0 Å². The molecule has 1 atom stereocenters. The Morgan fingerprint density at radius 1 is 1.26 bits per heavy atom. The van der Waals surface area contributed by atoms with Crippen LogP contribution in [-0.2, 0) is 4.79 Å². The van der Waals surface area contributed by atoms with Crippen LogP contribution in [0.5, 0.6) is 5.75 Å². The van der Waals surface area contributed by atoms with Gasteiger partial charge in [-0.2, -0.15) is 0 Å². The van der Waals surface area contributed by atoms with Gasteiger partial charge in [-0.05, 0) is 37.0 Å². The zero-order valence-electron chi connectivity index (χ0n) is 11.8. The van der Waals surface area contributed by atoms with Gasteiger partial charge in [0.25, 0.3) is 5.91 Å². The van der Waals surface area contributed by atoms with Crippen molar-refractivity contribution in [1.29, 1.82) is 0 Å². The maximum absolute atomic E-state index is 11.5. The number of benzene rings is 1. The minimum Gasteiger partial charge on any atom is -0.484 e. The highest BCUT2D eigenvalue weighted by atomic mass is 16.5. The summed E-state index contributed by atoms with van der Waals surface area (Å²) in [5.41, 5.74) is 0.828. The normalized spacial score (nSPS) is 12.3. The average Bonchev–Trinajstić information content (AvgIpc) is 2.36. The molecule has 0 aliphatic heterocycles. The van der Waals surface area contributed by atoms with Crippen molar-refractivity contribution in [2.75, 3.05) is 13.2 Å². The molecule has 4 nitrogen and oxygen atoms in total. The van der Waals surface area contributed by atoms with Crippen molar-refractivity contribution in [1.82, 2.24) is 5.32 Å². The lowest BCUT2D eigenvalue weighted by Gasteiger charge is -2.09. The molecular formula is C15H23NO3. The fraction of sp³-hybridized carbons (Fsp3) is 0.533. The van der Waals surface area contributed by atoms with E-state index in [2.05, 4.69) is 19.2 Å². The Balaban J connectivity index is 2.30. The second kappa shape index (κ2) is 7.79. The number of carbonyl (C=O) groups is 1. The van der Waals surface area contributed by atoms with Gasteiger partial charge < -0.3 is 15.2 Å². The van der Waals surface area contributed by atoms with Crippen molar-refractivity contribution in [3.05, 3.63) is 29.8 Å². The van der Waals surface area contributed by atoms with Gasteiger partial charge >= 0.3 is 0 Å². The molecule has 1 amide bonds. The summed E-state index contributed by atoms with van der Waals surface area (Å²) in [5.74, 6) is 1.10. The van der Waals surface area contributed by atoms with Crippen LogP contribution in [0.25, 0.3) is 0 Å². The van der Waals surface area contributed by atoms with E-state index < -0.39 is 6.10 Å². The highest BCUT2D eigenvalue weighted by Gasteiger charge is 2.04. The van der Waals surface area contributed by atoms with Crippen LogP contribution in [0.1, 0.15) is 38.9 Å². The second-order valence-electron chi connectivity index (χ2n) is 5.07. The number of rotatable bonds is 7. The Kier molecular flexibility index (Phi) is 6.36. The molecule has 1 aromatic rings. The molecule has 1 unspecified atom stereocenters. The molecule has 0 bridgehead atoms. The predicted octanol–water partition coefficient (Wildman–Crippen LogP) is 2.28. The van der Waals surface area contributed by atoms with Gasteiger partial charge in [-0.3, -0.25) is 4.79 Å². The van der Waals surface area contributed by atoms with Crippen molar-refractivity contribution < 1.29 is 14.6 Å². The van der Waals surface area contributed by atoms with Crippen LogP contribution in [0.15, 0.2) is 24.3 Å². The molecule has 1 rings (SSSR count). The van der Waals surface area contributed by atoms with Gasteiger partial charge in [0.1, 0.15) is 5.75 Å². The lowest BCUT2D eigenvalue weighted by atomic mass is 10.1. The van der Waals surface area contributed by atoms with Crippen LogP contribution in [0.4, 0.5) is 0 Å². The molecule has 0 heterocycles. The first kappa shape index (κ1) is 15.5. The number of amides is 1. The summed E-state index contributed by atoms with van der Waals surface area (Å²) in [6.07, 6.45) is 0.475. The highest BCUT2D eigenvalue weighted by molar-refractivity contribution is 5.77. The standard InChI is InChI=1S/C15H23NO3/c1-11(2)8-9-16-15(18)10-19-14-6-4-13(5-7-14)12(3)17/h4-7,11-12,17H,8-10H2,1-3H3,(H,16,18). The smallest absolute Gasteiger partial charge is 0.257 e. The van der Waals surface area contributed by atoms with Gasteiger partial charge in [-0.25, -0.2) is 0 Å². The molecule has 0 saturated carbocycles. The maximum atomic E-state index is 11.5. The van der Waals surface area contributed by atoms with Gasteiger partial charge in [0.15, 0.2) is 6.61 Å². The first-order chi connectivity index (χ1) is 8.99. The number of ether oxygens (including phenoxy) is 1. The Morgan fingerprint density at radius 3 is 2.42 bits per heavy atom. The fourth-order valence-corrected chi connectivity index (χ4v) is 1.54. The number of hydrogen-bond donors (Lipinski definition) is 2.